The summed E-state index contributed by atoms with van der Waals surface area (Å²) in [5, 5.41) is 0.614. The van der Waals surface area contributed by atoms with Crippen LogP contribution in [0.4, 0.5) is 0 Å². The SMILES string of the molecule is CC(C)C1CCN(C(=S)Oc2ccccc2)CC1. The topological polar surface area (TPSA) is 12.5 Å². The summed E-state index contributed by atoms with van der Waals surface area (Å²) in [6, 6.07) is 9.77. The monoisotopic (exact) mass is 263 g/mol. The van der Waals surface area contributed by atoms with Gasteiger partial charge in [0.15, 0.2) is 0 Å². The normalized spacial score (nSPS) is 16.9. The van der Waals surface area contributed by atoms with Crippen LogP contribution in [0, 0.1) is 11.8 Å². The molecule has 0 N–H and O–H groups in total. The molecule has 0 aliphatic carbocycles. The van der Waals surface area contributed by atoms with Gasteiger partial charge in [-0.3, -0.25) is 0 Å². The van der Waals surface area contributed by atoms with Gasteiger partial charge in [0.2, 0.25) is 0 Å². The van der Waals surface area contributed by atoms with Crippen LogP contribution in [-0.4, -0.2) is 23.2 Å². The highest BCUT2D eigenvalue weighted by molar-refractivity contribution is 7.80. The lowest BCUT2D eigenvalue weighted by atomic mass is 9.87. The van der Waals surface area contributed by atoms with Crippen LogP contribution >= 0.6 is 12.2 Å². The number of para-hydroxylation sites is 1. The van der Waals surface area contributed by atoms with E-state index in [9.17, 15) is 0 Å². The van der Waals surface area contributed by atoms with Crippen molar-refractivity contribution < 1.29 is 4.74 Å². The molecular weight excluding hydrogens is 242 g/mol. The van der Waals surface area contributed by atoms with E-state index in [2.05, 4.69) is 18.7 Å². The van der Waals surface area contributed by atoms with Crippen LogP contribution < -0.4 is 4.74 Å². The summed E-state index contributed by atoms with van der Waals surface area (Å²) >= 11 is 5.36. The van der Waals surface area contributed by atoms with Gasteiger partial charge in [0, 0.05) is 13.1 Å². The van der Waals surface area contributed by atoms with Crippen LogP contribution in [0.3, 0.4) is 0 Å². The molecular formula is C15H21NOS. The van der Waals surface area contributed by atoms with Crippen LogP contribution in [0.5, 0.6) is 5.75 Å². The number of ether oxygens (including phenoxy) is 1. The van der Waals surface area contributed by atoms with Gasteiger partial charge in [0.25, 0.3) is 5.17 Å². The van der Waals surface area contributed by atoms with Gasteiger partial charge in [0.05, 0.1) is 0 Å². The predicted molar refractivity (Wildman–Crippen MR) is 78.8 cm³/mol. The van der Waals surface area contributed by atoms with Crippen LogP contribution in [0.2, 0.25) is 0 Å². The average molecular weight is 263 g/mol. The highest BCUT2D eigenvalue weighted by atomic mass is 32.1. The van der Waals surface area contributed by atoms with Gasteiger partial charge in [-0.15, -0.1) is 0 Å². The molecule has 1 aliphatic rings. The van der Waals surface area contributed by atoms with Gasteiger partial charge < -0.3 is 9.64 Å². The molecule has 1 saturated heterocycles. The fraction of sp³-hybridized carbons (Fsp3) is 0.533. The van der Waals surface area contributed by atoms with E-state index < -0.39 is 0 Å². The Balaban J connectivity index is 1.85. The molecule has 98 valence electrons. The molecule has 0 amide bonds. The van der Waals surface area contributed by atoms with E-state index in [1.54, 1.807) is 0 Å². The van der Waals surface area contributed by atoms with Crippen molar-refractivity contribution in [3.8, 4) is 5.75 Å². The maximum absolute atomic E-state index is 5.71. The van der Waals surface area contributed by atoms with Gasteiger partial charge in [-0.2, -0.15) is 0 Å². The molecule has 0 saturated carbocycles. The molecule has 0 radical (unpaired) electrons. The van der Waals surface area contributed by atoms with Crippen molar-refractivity contribution in [2.75, 3.05) is 13.1 Å². The number of nitrogens with zero attached hydrogens (tertiary/aromatic N) is 1. The minimum atomic E-state index is 0.614. The number of thiocarbonyl (C=S) groups is 1. The van der Waals surface area contributed by atoms with E-state index >= 15 is 0 Å². The third-order valence-electron chi connectivity index (χ3n) is 3.69. The predicted octanol–water partition coefficient (Wildman–Crippen LogP) is 3.72. The van der Waals surface area contributed by atoms with E-state index in [1.807, 2.05) is 30.3 Å². The van der Waals surface area contributed by atoms with E-state index in [0.29, 0.717) is 5.17 Å². The van der Waals surface area contributed by atoms with Gasteiger partial charge >= 0.3 is 0 Å². The van der Waals surface area contributed by atoms with Gasteiger partial charge in [-0.25, -0.2) is 0 Å². The number of piperidine rings is 1. The van der Waals surface area contributed by atoms with E-state index in [1.165, 1.54) is 12.8 Å². The highest BCUT2D eigenvalue weighted by Crippen LogP contribution is 2.25. The molecule has 0 aromatic heterocycles. The summed E-state index contributed by atoms with van der Waals surface area (Å²) in [6.45, 7) is 6.65. The summed E-state index contributed by atoms with van der Waals surface area (Å²) < 4.78 is 5.71. The van der Waals surface area contributed by atoms with E-state index in [0.717, 1.165) is 30.7 Å². The molecule has 2 rings (SSSR count). The first-order chi connectivity index (χ1) is 8.66. The maximum Gasteiger partial charge on any atom is 0.264 e. The minimum absolute atomic E-state index is 0.614. The van der Waals surface area contributed by atoms with E-state index in [4.69, 9.17) is 17.0 Å². The lowest BCUT2D eigenvalue weighted by molar-refractivity contribution is 0.205. The second-order valence-corrected chi connectivity index (χ2v) is 5.60. The standard InChI is InChI=1S/C15H21NOS/c1-12(2)13-8-10-16(11-9-13)15(18)17-14-6-4-3-5-7-14/h3-7,12-13H,8-11H2,1-2H3. The Morgan fingerprint density at radius 3 is 2.39 bits per heavy atom. The lowest BCUT2D eigenvalue weighted by Crippen LogP contribution is -2.40. The molecule has 2 nitrogen and oxygen atoms in total. The van der Waals surface area contributed by atoms with Crippen molar-refractivity contribution in [2.24, 2.45) is 11.8 Å². The Morgan fingerprint density at radius 1 is 1.22 bits per heavy atom. The van der Waals surface area contributed by atoms with Gasteiger partial charge in [-0.05, 0) is 49.0 Å². The summed E-state index contributed by atoms with van der Waals surface area (Å²) in [6.07, 6.45) is 2.44. The molecule has 0 spiro atoms. The summed E-state index contributed by atoms with van der Waals surface area (Å²) in [7, 11) is 0. The first-order valence-electron chi connectivity index (χ1n) is 6.68. The number of rotatable bonds is 2. The smallest absolute Gasteiger partial charge is 0.264 e. The Morgan fingerprint density at radius 2 is 1.83 bits per heavy atom. The molecule has 18 heavy (non-hydrogen) atoms. The molecule has 0 bridgehead atoms. The largest absolute Gasteiger partial charge is 0.432 e. The fourth-order valence-electron chi connectivity index (χ4n) is 2.40. The maximum atomic E-state index is 5.71. The first kappa shape index (κ1) is 13.3. The van der Waals surface area contributed by atoms with Crippen molar-refractivity contribution in [1.29, 1.82) is 0 Å². The molecule has 3 heteroatoms. The van der Waals surface area contributed by atoms with Crippen molar-refractivity contribution in [3.05, 3.63) is 30.3 Å². The Kier molecular flexibility index (Phi) is 4.59. The lowest BCUT2D eigenvalue weighted by Gasteiger charge is -2.34. The summed E-state index contributed by atoms with van der Waals surface area (Å²) in [5.41, 5.74) is 0. The van der Waals surface area contributed by atoms with Crippen molar-refractivity contribution in [1.82, 2.24) is 4.90 Å². The molecule has 1 aliphatic heterocycles. The first-order valence-corrected chi connectivity index (χ1v) is 7.09. The van der Waals surface area contributed by atoms with Crippen LogP contribution in [-0.2, 0) is 0 Å². The van der Waals surface area contributed by atoms with E-state index in [-0.39, 0.29) is 0 Å². The number of likely N-dealkylation sites (tertiary alicyclic amines) is 1. The molecule has 1 heterocycles. The zero-order valence-electron chi connectivity index (χ0n) is 11.1. The fourth-order valence-corrected chi connectivity index (χ4v) is 2.68. The Labute approximate surface area is 115 Å². The zero-order chi connectivity index (χ0) is 13.0. The quantitative estimate of drug-likeness (QED) is 0.755. The van der Waals surface area contributed by atoms with Gasteiger partial charge in [-0.1, -0.05) is 32.0 Å². The average Bonchev–Trinajstić information content (AvgIpc) is 2.40. The Hall–Kier alpha value is -1.09. The number of hydrogen-bond donors (Lipinski definition) is 0. The summed E-state index contributed by atoms with van der Waals surface area (Å²) in [4.78, 5) is 2.18. The molecule has 1 fully saturated rings. The van der Waals surface area contributed by atoms with Crippen molar-refractivity contribution >= 4 is 17.4 Å². The van der Waals surface area contributed by atoms with Crippen molar-refractivity contribution in [2.45, 2.75) is 26.7 Å². The van der Waals surface area contributed by atoms with Crippen LogP contribution in [0.25, 0.3) is 0 Å². The Bertz CT molecular complexity index is 383. The third-order valence-corrected chi connectivity index (χ3v) is 4.03. The third kappa shape index (κ3) is 3.45. The molecule has 0 unspecified atom stereocenters. The minimum Gasteiger partial charge on any atom is -0.432 e. The van der Waals surface area contributed by atoms with Crippen LogP contribution in [0.15, 0.2) is 30.3 Å². The molecule has 0 atom stereocenters. The number of hydrogen-bond acceptors (Lipinski definition) is 2. The second-order valence-electron chi connectivity index (χ2n) is 5.25. The number of benzene rings is 1. The van der Waals surface area contributed by atoms with Crippen molar-refractivity contribution in [3.63, 3.8) is 0 Å². The van der Waals surface area contributed by atoms with Crippen LogP contribution in [0.1, 0.15) is 26.7 Å². The second kappa shape index (κ2) is 6.19. The van der Waals surface area contributed by atoms with Gasteiger partial charge in [0.1, 0.15) is 5.75 Å². The zero-order valence-corrected chi connectivity index (χ0v) is 12.0. The molecule has 1 aromatic carbocycles. The molecule has 1 aromatic rings. The summed E-state index contributed by atoms with van der Waals surface area (Å²) in [5.74, 6) is 2.44. The highest BCUT2D eigenvalue weighted by Gasteiger charge is 2.23.